The fraction of sp³-hybridized carbons (Fsp3) is 0. The molecule has 4 rings (SSSR count). The highest BCUT2D eigenvalue weighted by atomic mass is 16.3. The molecule has 1 aromatic heterocycles. The van der Waals surface area contributed by atoms with E-state index in [1.54, 1.807) is 54.8 Å². The van der Waals surface area contributed by atoms with E-state index in [2.05, 4.69) is 0 Å². The smallest absolute Gasteiger partial charge is 0.266 e. The van der Waals surface area contributed by atoms with Gasteiger partial charge in [-0.15, -0.1) is 0 Å². The van der Waals surface area contributed by atoms with Gasteiger partial charge in [0.1, 0.15) is 5.58 Å². The molecule has 4 heteroatoms. The third-order valence-electron chi connectivity index (χ3n) is 3.51. The third kappa shape index (κ3) is 1.30. The molecule has 4 nitrogen and oxygen atoms in total. The Morgan fingerprint density at radius 1 is 0.800 bits per heavy atom. The molecule has 96 valence electrons. The number of rotatable bonds is 1. The monoisotopic (exact) mass is 263 g/mol. The van der Waals surface area contributed by atoms with Gasteiger partial charge in [-0.2, -0.15) is 0 Å². The van der Waals surface area contributed by atoms with E-state index in [0.29, 0.717) is 22.4 Å². The number of imide groups is 1. The lowest BCUT2D eigenvalue weighted by Crippen LogP contribution is -2.29. The maximum Gasteiger partial charge on any atom is 0.266 e. The Balaban J connectivity index is 1.95. The van der Waals surface area contributed by atoms with Gasteiger partial charge in [0.25, 0.3) is 11.8 Å². The molecule has 1 aliphatic heterocycles. The Labute approximate surface area is 114 Å². The fourth-order valence-corrected chi connectivity index (χ4v) is 2.58. The van der Waals surface area contributed by atoms with Crippen LogP contribution in [0.4, 0.5) is 5.69 Å². The number of benzene rings is 2. The summed E-state index contributed by atoms with van der Waals surface area (Å²) in [5.41, 5.74) is 2.09. The summed E-state index contributed by atoms with van der Waals surface area (Å²) in [5, 5.41) is 0.752. The normalized spacial score (nSPS) is 14.1. The lowest BCUT2D eigenvalue weighted by atomic mass is 10.1. The molecule has 0 aliphatic carbocycles. The molecule has 2 aromatic carbocycles. The number of carbonyl (C=O) groups excluding carboxylic acids is 2. The summed E-state index contributed by atoms with van der Waals surface area (Å²) in [5.74, 6) is -0.585. The van der Waals surface area contributed by atoms with Crippen molar-refractivity contribution in [1.29, 1.82) is 0 Å². The van der Waals surface area contributed by atoms with Crippen molar-refractivity contribution in [2.75, 3.05) is 4.90 Å². The quantitative estimate of drug-likeness (QED) is 0.633. The Hall–Kier alpha value is -2.88. The first kappa shape index (κ1) is 11.0. The van der Waals surface area contributed by atoms with Crippen LogP contribution in [-0.4, -0.2) is 11.8 Å². The summed E-state index contributed by atoms with van der Waals surface area (Å²) in [6.45, 7) is 0. The predicted molar refractivity (Wildman–Crippen MR) is 73.8 cm³/mol. The van der Waals surface area contributed by atoms with E-state index in [9.17, 15) is 9.59 Å². The van der Waals surface area contributed by atoms with E-state index in [4.69, 9.17) is 4.42 Å². The molecule has 0 radical (unpaired) electrons. The van der Waals surface area contributed by atoms with E-state index >= 15 is 0 Å². The van der Waals surface area contributed by atoms with Gasteiger partial charge in [0.2, 0.25) is 0 Å². The average Bonchev–Trinajstić information content (AvgIpc) is 3.04. The molecule has 0 fully saturated rings. The Morgan fingerprint density at radius 3 is 2.20 bits per heavy atom. The minimum absolute atomic E-state index is 0.292. The minimum atomic E-state index is -0.292. The Kier molecular flexibility index (Phi) is 2.09. The number of fused-ring (bicyclic) bond motifs is 2. The Bertz CT molecular complexity index is 828. The van der Waals surface area contributed by atoms with E-state index in [-0.39, 0.29) is 11.8 Å². The first-order valence-corrected chi connectivity index (χ1v) is 6.21. The summed E-state index contributed by atoms with van der Waals surface area (Å²) >= 11 is 0. The highest BCUT2D eigenvalue weighted by Gasteiger charge is 2.37. The van der Waals surface area contributed by atoms with Gasteiger partial charge in [-0.1, -0.05) is 18.2 Å². The highest BCUT2D eigenvalue weighted by Crippen LogP contribution is 2.33. The van der Waals surface area contributed by atoms with E-state index < -0.39 is 0 Å². The summed E-state index contributed by atoms with van der Waals surface area (Å²) in [7, 11) is 0. The molecule has 1 aliphatic rings. The third-order valence-corrected chi connectivity index (χ3v) is 3.51. The van der Waals surface area contributed by atoms with Gasteiger partial charge in [-0.05, 0) is 30.3 Å². The number of hydrogen-bond donors (Lipinski definition) is 0. The number of furan rings is 1. The molecular weight excluding hydrogens is 254 g/mol. The number of amides is 2. The van der Waals surface area contributed by atoms with Crippen LogP contribution in [0.5, 0.6) is 0 Å². The van der Waals surface area contributed by atoms with Crippen molar-refractivity contribution in [3.05, 3.63) is 65.9 Å². The van der Waals surface area contributed by atoms with Gasteiger partial charge in [-0.3, -0.25) is 9.59 Å². The maximum atomic E-state index is 12.4. The molecule has 0 saturated heterocycles. The first-order chi connectivity index (χ1) is 9.77. The van der Waals surface area contributed by atoms with Gasteiger partial charge in [-0.25, -0.2) is 4.90 Å². The zero-order valence-corrected chi connectivity index (χ0v) is 10.4. The Morgan fingerprint density at radius 2 is 1.50 bits per heavy atom. The highest BCUT2D eigenvalue weighted by molar-refractivity contribution is 6.35. The lowest BCUT2D eigenvalue weighted by molar-refractivity contribution is 0.0926. The summed E-state index contributed by atoms with van der Waals surface area (Å²) in [6, 6.07) is 13.9. The molecule has 2 amide bonds. The van der Waals surface area contributed by atoms with Crippen molar-refractivity contribution in [3.8, 4) is 0 Å². The van der Waals surface area contributed by atoms with Crippen molar-refractivity contribution in [2.45, 2.75) is 0 Å². The zero-order chi connectivity index (χ0) is 13.7. The summed E-state index contributed by atoms with van der Waals surface area (Å²) in [4.78, 5) is 26.1. The van der Waals surface area contributed by atoms with Crippen molar-refractivity contribution >= 4 is 28.5 Å². The van der Waals surface area contributed by atoms with E-state index in [1.165, 1.54) is 4.90 Å². The number of nitrogens with zero attached hydrogens (tertiary/aromatic N) is 1. The van der Waals surface area contributed by atoms with Crippen LogP contribution in [-0.2, 0) is 0 Å². The number of hydrogen-bond acceptors (Lipinski definition) is 3. The van der Waals surface area contributed by atoms with Gasteiger partial charge < -0.3 is 4.42 Å². The van der Waals surface area contributed by atoms with Crippen LogP contribution in [0.15, 0.2) is 59.2 Å². The first-order valence-electron chi connectivity index (χ1n) is 6.21. The van der Waals surface area contributed by atoms with Crippen LogP contribution in [0.25, 0.3) is 11.0 Å². The van der Waals surface area contributed by atoms with Crippen LogP contribution in [0, 0.1) is 0 Å². The molecule has 0 N–H and O–H groups in total. The SMILES string of the molecule is O=C1c2ccccc2C(=O)N1c1cccc2occc12. The number of carbonyl (C=O) groups is 2. The van der Waals surface area contributed by atoms with Crippen molar-refractivity contribution in [2.24, 2.45) is 0 Å². The molecular formula is C16H9NO3. The summed E-state index contributed by atoms with van der Waals surface area (Å²) < 4.78 is 5.32. The molecule has 0 saturated carbocycles. The predicted octanol–water partition coefficient (Wildman–Crippen LogP) is 3.23. The molecule has 0 unspecified atom stereocenters. The average molecular weight is 263 g/mol. The van der Waals surface area contributed by atoms with Crippen molar-refractivity contribution in [3.63, 3.8) is 0 Å². The van der Waals surface area contributed by atoms with Crippen LogP contribution >= 0.6 is 0 Å². The van der Waals surface area contributed by atoms with Crippen molar-refractivity contribution in [1.82, 2.24) is 0 Å². The molecule has 3 aromatic rings. The standard InChI is InChI=1S/C16H9NO3/c18-15-10-4-1-2-5-11(10)16(19)17(15)13-6-3-7-14-12(13)8-9-20-14/h1-9H. The molecule has 0 bridgehead atoms. The largest absolute Gasteiger partial charge is 0.464 e. The minimum Gasteiger partial charge on any atom is -0.464 e. The second-order valence-corrected chi connectivity index (χ2v) is 4.60. The molecule has 0 spiro atoms. The lowest BCUT2D eigenvalue weighted by Gasteiger charge is -2.14. The summed E-state index contributed by atoms with van der Waals surface area (Å²) in [6.07, 6.45) is 1.55. The van der Waals surface area contributed by atoms with Crippen LogP contribution < -0.4 is 4.90 Å². The van der Waals surface area contributed by atoms with E-state index in [0.717, 1.165) is 5.39 Å². The van der Waals surface area contributed by atoms with Crippen LogP contribution in [0.2, 0.25) is 0 Å². The molecule has 20 heavy (non-hydrogen) atoms. The van der Waals surface area contributed by atoms with Gasteiger partial charge in [0.15, 0.2) is 0 Å². The second kappa shape index (κ2) is 3.81. The molecule has 2 heterocycles. The fourth-order valence-electron chi connectivity index (χ4n) is 2.58. The van der Waals surface area contributed by atoms with Crippen LogP contribution in [0.3, 0.4) is 0 Å². The van der Waals surface area contributed by atoms with E-state index in [1.807, 2.05) is 0 Å². The van der Waals surface area contributed by atoms with Crippen LogP contribution in [0.1, 0.15) is 20.7 Å². The zero-order valence-electron chi connectivity index (χ0n) is 10.4. The van der Waals surface area contributed by atoms with Crippen molar-refractivity contribution < 1.29 is 14.0 Å². The second-order valence-electron chi connectivity index (χ2n) is 4.60. The topological polar surface area (TPSA) is 50.5 Å². The van der Waals surface area contributed by atoms with Gasteiger partial charge >= 0.3 is 0 Å². The van der Waals surface area contributed by atoms with Gasteiger partial charge in [0, 0.05) is 5.39 Å². The van der Waals surface area contributed by atoms with Gasteiger partial charge in [0.05, 0.1) is 23.1 Å². The molecule has 0 atom stereocenters. The maximum absolute atomic E-state index is 12.4. The number of anilines is 1.